The second-order valence-corrected chi connectivity index (χ2v) is 7.17. The molecule has 29 heavy (non-hydrogen) atoms. The molecule has 0 fully saturated rings. The number of aryl methyl sites for hydroxylation is 1. The van der Waals surface area contributed by atoms with Crippen molar-refractivity contribution in [1.82, 2.24) is 9.47 Å². The van der Waals surface area contributed by atoms with Gasteiger partial charge in [-0.1, -0.05) is 18.2 Å². The van der Waals surface area contributed by atoms with Crippen LogP contribution in [0.5, 0.6) is 0 Å². The number of aromatic nitrogens is 1. The molecule has 0 amide bonds. The third-order valence-corrected chi connectivity index (χ3v) is 5.33. The predicted octanol–water partition coefficient (Wildman–Crippen LogP) is 5.78. The van der Waals surface area contributed by atoms with Crippen molar-refractivity contribution in [3.8, 4) is 0 Å². The van der Waals surface area contributed by atoms with Crippen LogP contribution in [0.25, 0.3) is 0 Å². The van der Waals surface area contributed by atoms with Crippen LogP contribution < -0.4 is 0 Å². The van der Waals surface area contributed by atoms with Crippen molar-refractivity contribution in [3.05, 3.63) is 94.8 Å². The van der Waals surface area contributed by atoms with Crippen LogP contribution >= 0.6 is 0 Å². The van der Waals surface area contributed by atoms with Gasteiger partial charge >= 0.3 is 6.18 Å². The lowest BCUT2D eigenvalue weighted by atomic mass is 9.99. The summed E-state index contributed by atoms with van der Waals surface area (Å²) in [5, 5.41) is 0. The summed E-state index contributed by atoms with van der Waals surface area (Å²) >= 11 is 0. The smallest absolute Gasteiger partial charge is 0.350 e. The second-order valence-electron chi connectivity index (χ2n) is 7.17. The molecular formula is C22H19F5N2. The zero-order valence-electron chi connectivity index (χ0n) is 15.5. The highest BCUT2D eigenvalue weighted by molar-refractivity contribution is 5.33. The highest BCUT2D eigenvalue weighted by atomic mass is 19.4. The fourth-order valence-electron chi connectivity index (χ4n) is 3.93. The van der Waals surface area contributed by atoms with Crippen LogP contribution in [-0.4, -0.2) is 16.0 Å². The molecule has 0 saturated heterocycles. The zero-order valence-corrected chi connectivity index (χ0v) is 15.5. The molecule has 0 radical (unpaired) electrons. The van der Waals surface area contributed by atoms with E-state index in [0.29, 0.717) is 12.1 Å². The van der Waals surface area contributed by atoms with E-state index in [-0.39, 0.29) is 12.1 Å². The molecule has 4 rings (SSSR count). The quantitative estimate of drug-likeness (QED) is 0.501. The topological polar surface area (TPSA) is 8.17 Å². The molecule has 2 aromatic carbocycles. The summed E-state index contributed by atoms with van der Waals surface area (Å²) in [5.74, 6) is -1.26. The lowest BCUT2D eigenvalue weighted by Gasteiger charge is -2.31. The molecule has 1 aliphatic rings. The van der Waals surface area contributed by atoms with Crippen LogP contribution in [-0.2, 0) is 19.3 Å². The van der Waals surface area contributed by atoms with E-state index in [0.717, 1.165) is 30.8 Å². The van der Waals surface area contributed by atoms with Gasteiger partial charge in [-0.2, -0.15) is 13.2 Å². The Morgan fingerprint density at radius 3 is 2.21 bits per heavy atom. The summed E-state index contributed by atoms with van der Waals surface area (Å²) in [7, 11) is 0. The van der Waals surface area contributed by atoms with Crippen molar-refractivity contribution in [3.63, 3.8) is 0 Å². The van der Waals surface area contributed by atoms with Crippen molar-refractivity contribution in [2.75, 3.05) is 6.54 Å². The third kappa shape index (κ3) is 3.92. The Labute approximate surface area is 165 Å². The maximum absolute atomic E-state index is 14.3. The molecule has 2 nitrogen and oxygen atoms in total. The fraction of sp³-hybridized carbons (Fsp3) is 0.273. The van der Waals surface area contributed by atoms with Crippen molar-refractivity contribution in [2.45, 2.75) is 31.7 Å². The average Bonchev–Trinajstić information content (AvgIpc) is 3.05. The molecule has 0 N–H and O–H groups in total. The lowest BCUT2D eigenvalue weighted by molar-refractivity contribution is -0.137. The van der Waals surface area contributed by atoms with E-state index < -0.39 is 29.4 Å². The largest absolute Gasteiger partial charge is 0.416 e. The summed E-state index contributed by atoms with van der Waals surface area (Å²) < 4.78 is 69.5. The Kier molecular flexibility index (Phi) is 5.17. The standard InChI is InChI=1S/C22H19F5N2/c23-18-4-1-5-19(24)17(18)14-29-13-3-12-28-11-2-6-20(28)21(29)15-7-9-16(10-8-15)22(25,26)27/h1-2,4-11,21H,3,12-14H2/t21-/m1/s1. The number of rotatable bonds is 3. The monoisotopic (exact) mass is 406 g/mol. The molecular weight excluding hydrogens is 387 g/mol. The molecule has 7 heteroatoms. The van der Waals surface area contributed by atoms with E-state index in [1.165, 1.54) is 30.3 Å². The number of alkyl halides is 3. The highest BCUT2D eigenvalue weighted by Crippen LogP contribution is 2.36. The summed E-state index contributed by atoms with van der Waals surface area (Å²) in [6.07, 6.45) is -1.74. The molecule has 3 aromatic rings. The van der Waals surface area contributed by atoms with Gasteiger partial charge in [0.1, 0.15) is 11.6 Å². The summed E-state index contributed by atoms with van der Waals surface area (Å²) in [6.45, 7) is 1.31. The van der Waals surface area contributed by atoms with Gasteiger partial charge in [-0.25, -0.2) is 8.78 Å². The number of nitrogens with zero attached hydrogens (tertiary/aromatic N) is 2. The molecule has 152 valence electrons. The minimum Gasteiger partial charge on any atom is -0.350 e. The fourth-order valence-corrected chi connectivity index (χ4v) is 3.93. The van der Waals surface area contributed by atoms with Gasteiger partial charge < -0.3 is 4.57 Å². The molecule has 0 unspecified atom stereocenters. The van der Waals surface area contributed by atoms with Gasteiger partial charge in [0.25, 0.3) is 0 Å². The SMILES string of the molecule is Fc1cccc(F)c1CN1CCCn2cccc2[C@H]1c1ccc(C(F)(F)F)cc1. The van der Waals surface area contributed by atoms with Gasteiger partial charge in [-0.05, 0) is 48.4 Å². The van der Waals surface area contributed by atoms with Gasteiger partial charge in [0.2, 0.25) is 0 Å². The molecule has 1 atom stereocenters. The van der Waals surface area contributed by atoms with Gasteiger partial charge in [0, 0.05) is 37.1 Å². The van der Waals surface area contributed by atoms with E-state index in [4.69, 9.17) is 0 Å². The minimum absolute atomic E-state index is 0.0232. The van der Waals surface area contributed by atoms with E-state index in [9.17, 15) is 22.0 Å². The maximum Gasteiger partial charge on any atom is 0.416 e. The summed E-state index contributed by atoms with van der Waals surface area (Å²) in [5.41, 5.74) is 0.775. The van der Waals surface area contributed by atoms with Crippen molar-refractivity contribution < 1.29 is 22.0 Å². The van der Waals surface area contributed by atoms with Crippen LogP contribution in [0.15, 0.2) is 60.8 Å². The molecule has 1 aromatic heterocycles. The first-order valence-electron chi connectivity index (χ1n) is 9.34. The maximum atomic E-state index is 14.3. The van der Waals surface area contributed by atoms with E-state index in [2.05, 4.69) is 0 Å². The predicted molar refractivity (Wildman–Crippen MR) is 99.1 cm³/mol. The van der Waals surface area contributed by atoms with E-state index in [1.807, 2.05) is 27.8 Å². The molecule has 1 aliphatic heterocycles. The van der Waals surface area contributed by atoms with Gasteiger partial charge in [-0.15, -0.1) is 0 Å². The molecule has 0 saturated carbocycles. The summed E-state index contributed by atoms with van der Waals surface area (Å²) in [4.78, 5) is 1.92. The molecule has 0 bridgehead atoms. The number of hydrogen-bond donors (Lipinski definition) is 0. The van der Waals surface area contributed by atoms with Gasteiger partial charge in [-0.3, -0.25) is 4.90 Å². The zero-order chi connectivity index (χ0) is 20.6. The normalized spacial score (nSPS) is 17.8. The van der Waals surface area contributed by atoms with Crippen LogP contribution in [0.1, 0.15) is 34.8 Å². The first kappa shape index (κ1) is 19.6. The lowest BCUT2D eigenvalue weighted by Crippen LogP contribution is -2.30. The average molecular weight is 406 g/mol. The number of hydrogen-bond acceptors (Lipinski definition) is 1. The Bertz CT molecular complexity index is 971. The van der Waals surface area contributed by atoms with Crippen molar-refractivity contribution in [1.29, 1.82) is 0 Å². The number of benzene rings is 2. The van der Waals surface area contributed by atoms with E-state index >= 15 is 0 Å². The molecule has 0 spiro atoms. The van der Waals surface area contributed by atoms with Crippen LogP contribution in [0, 0.1) is 11.6 Å². The Morgan fingerprint density at radius 2 is 1.55 bits per heavy atom. The first-order chi connectivity index (χ1) is 13.8. The minimum atomic E-state index is -4.42. The van der Waals surface area contributed by atoms with Gasteiger partial charge in [0.05, 0.1) is 11.6 Å². The van der Waals surface area contributed by atoms with Crippen molar-refractivity contribution >= 4 is 0 Å². The Morgan fingerprint density at radius 1 is 0.862 bits per heavy atom. The summed E-state index contributed by atoms with van der Waals surface area (Å²) in [6, 6.07) is 12.1. The second kappa shape index (κ2) is 7.63. The van der Waals surface area contributed by atoms with Crippen molar-refractivity contribution in [2.24, 2.45) is 0 Å². The van der Waals surface area contributed by atoms with E-state index in [1.54, 1.807) is 0 Å². The van der Waals surface area contributed by atoms with Crippen LogP contribution in [0.4, 0.5) is 22.0 Å². The van der Waals surface area contributed by atoms with Gasteiger partial charge in [0.15, 0.2) is 0 Å². The first-order valence-corrected chi connectivity index (χ1v) is 9.34. The number of halogens is 5. The number of fused-ring (bicyclic) bond motifs is 1. The Hall–Kier alpha value is -2.67. The van der Waals surface area contributed by atoms with Crippen LogP contribution in [0.2, 0.25) is 0 Å². The molecule has 2 heterocycles. The third-order valence-electron chi connectivity index (χ3n) is 5.33. The van der Waals surface area contributed by atoms with Crippen LogP contribution in [0.3, 0.4) is 0 Å². The Balaban J connectivity index is 1.75. The molecule has 0 aliphatic carbocycles. The highest BCUT2D eigenvalue weighted by Gasteiger charge is 2.32.